The number of benzene rings is 2. The second-order valence-corrected chi connectivity index (χ2v) is 6.66. The highest BCUT2D eigenvalue weighted by Gasteiger charge is 2.35. The maximum Gasteiger partial charge on any atom is 0.416 e. The van der Waals surface area contributed by atoms with Crippen molar-refractivity contribution in [3.63, 3.8) is 0 Å². The molecular weight excluding hydrogens is 397 g/mol. The Morgan fingerprint density at radius 2 is 1.82 bits per heavy atom. The average Bonchev–Trinajstić information content (AvgIpc) is 2.95. The standard InChI is InChI=1S/C18H16ClF3N4O2/c1-10-7-14(19)16(8-11(10)2)28-9-12-13(18(20,21)22)5-4-6-15(12)26-17(27)25(3)23-24-26/h4-8H,9H2,1-3H3. The molecule has 1 heterocycles. The molecule has 148 valence electrons. The Labute approximate surface area is 163 Å². The molecule has 0 fully saturated rings. The molecule has 0 aliphatic carbocycles. The number of nitrogens with zero attached hydrogens (tertiary/aromatic N) is 4. The maximum absolute atomic E-state index is 13.6. The number of ether oxygens (including phenoxy) is 1. The summed E-state index contributed by atoms with van der Waals surface area (Å²) in [6, 6.07) is 6.81. The number of rotatable bonds is 4. The first-order valence-electron chi connectivity index (χ1n) is 8.17. The van der Waals surface area contributed by atoms with Gasteiger partial charge in [-0.15, -0.1) is 0 Å². The van der Waals surface area contributed by atoms with Gasteiger partial charge in [0.15, 0.2) is 0 Å². The lowest BCUT2D eigenvalue weighted by atomic mass is 10.1. The minimum absolute atomic E-state index is 0.0621. The number of tetrazole rings is 1. The van der Waals surface area contributed by atoms with Crippen LogP contribution in [0.15, 0.2) is 35.1 Å². The predicted octanol–water partition coefficient (Wildman–Crippen LogP) is 3.83. The van der Waals surface area contributed by atoms with Gasteiger partial charge < -0.3 is 4.74 Å². The lowest BCUT2D eigenvalue weighted by molar-refractivity contribution is -0.138. The fourth-order valence-electron chi connectivity index (χ4n) is 2.67. The SMILES string of the molecule is Cc1cc(Cl)c(OCc2c(-n3nnn(C)c3=O)cccc2C(F)(F)F)cc1C. The molecule has 2 aromatic carbocycles. The van der Waals surface area contributed by atoms with Crippen LogP contribution in [0.2, 0.25) is 5.02 Å². The van der Waals surface area contributed by atoms with E-state index in [9.17, 15) is 18.0 Å². The van der Waals surface area contributed by atoms with Crippen LogP contribution in [0.1, 0.15) is 22.3 Å². The highest BCUT2D eigenvalue weighted by atomic mass is 35.5. The molecule has 0 saturated carbocycles. The molecule has 10 heteroatoms. The largest absolute Gasteiger partial charge is 0.487 e. The quantitative estimate of drug-likeness (QED) is 0.653. The Morgan fingerprint density at radius 1 is 1.14 bits per heavy atom. The second kappa shape index (κ2) is 7.31. The van der Waals surface area contributed by atoms with Gasteiger partial charge in [0, 0.05) is 12.6 Å². The molecule has 1 aromatic heterocycles. The third-order valence-corrected chi connectivity index (χ3v) is 4.62. The molecule has 0 atom stereocenters. The van der Waals surface area contributed by atoms with Gasteiger partial charge in [0.2, 0.25) is 0 Å². The molecule has 0 amide bonds. The molecule has 0 unspecified atom stereocenters. The second-order valence-electron chi connectivity index (χ2n) is 6.25. The summed E-state index contributed by atoms with van der Waals surface area (Å²) < 4.78 is 48.0. The topological polar surface area (TPSA) is 61.9 Å². The van der Waals surface area contributed by atoms with Crippen molar-refractivity contribution < 1.29 is 17.9 Å². The summed E-state index contributed by atoms with van der Waals surface area (Å²) in [7, 11) is 1.35. The Kier molecular flexibility index (Phi) is 5.20. The van der Waals surface area contributed by atoms with Crippen LogP contribution in [-0.4, -0.2) is 19.8 Å². The van der Waals surface area contributed by atoms with E-state index in [-0.39, 0.29) is 22.0 Å². The van der Waals surface area contributed by atoms with Crippen LogP contribution in [-0.2, 0) is 19.8 Å². The van der Waals surface area contributed by atoms with E-state index in [1.54, 1.807) is 12.1 Å². The van der Waals surface area contributed by atoms with Crippen LogP contribution < -0.4 is 10.4 Å². The van der Waals surface area contributed by atoms with Crippen molar-refractivity contribution in [3.05, 3.63) is 68.1 Å². The molecular formula is C18H16ClF3N4O2. The van der Waals surface area contributed by atoms with E-state index in [0.29, 0.717) is 0 Å². The third-order valence-electron chi connectivity index (χ3n) is 4.33. The zero-order valence-electron chi connectivity index (χ0n) is 15.2. The Morgan fingerprint density at radius 3 is 2.43 bits per heavy atom. The van der Waals surface area contributed by atoms with Crippen molar-refractivity contribution in [2.75, 3.05) is 0 Å². The highest BCUT2D eigenvalue weighted by molar-refractivity contribution is 6.32. The van der Waals surface area contributed by atoms with Gasteiger partial charge in [-0.2, -0.15) is 22.5 Å². The molecule has 0 radical (unpaired) electrons. The fourth-order valence-corrected chi connectivity index (χ4v) is 2.94. The molecule has 0 aliphatic rings. The van der Waals surface area contributed by atoms with Crippen LogP contribution in [0.4, 0.5) is 13.2 Å². The maximum atomic E-state index is 13.6. The van der Waals surface area contributed by atoms with E-state index in [0.717, 1.165) is 26.6 Å². The molecule has 0 bridgehead atoms. The summed E-state index contributed by atoms with van der Waals surface area (Å²) in [5.41, 5.74) is -0.0965. The molecule has 3 aromatic rings. The van der Waals surface area contributed by atoms with Crippen molar-refractivity contribution in [3.8, 4) is 11.4 Å². The van der Waals surface area contributed by atoms with Gasteiger partial charge in [0.1, 0.15) is 12.4 Å². The van der Waals surface area contributed by atoms with Gasteiger partial charge in [0.05, 0.1) is 16.3 Å². The van der Waals surface area contributed by atoms with Crippen molar-refractivity contribution in [1.82, 2.24) is 19.8 Å². The molecule has 0 spiro atoms. The third kappa shape index (κ3) is 3.75. The molecule has 3 rings (SSSR count). The minimum atomic E-state index is -4.65. The van der Waals surface area contributed by atoms with Gasteiger partial charge >= 0.3 is 11.9 Å². The van der Waals surface area contributed by atoms with Crippen LogP contribution >= 0.6 is 11.6 Å². The van der Waals surface area contributed by atoms with Crippen molar-refractivity contribution in [1.29, 1.82) is 0 Å². The smallest absolute Gasteiger partial charge is 0.416 e. The van der Waals surface area contributed by atoms with E-state index in [1.807, 2.05) is 13.8 Å². The van der Waals surface area contributed by atoms with Crippen LogP contribution in [0, 0.1) is 13.8 Å². The first-order valence-corrected chi connectivity index (χ1v) is 8.55. The Hall–Kier alpha value is -2.81. The van der Waals surface area contributed by atoms with E-state index in [4.69, 9.17) is 16.3 Å². The van der Waals surface area contributed by atoms with Gasteiger partial charge in [-0.25, -0.2) is 4.79 Å². The number of alkyl halides is 3. The molecule has 28 heavy (non-hydrogen) atoms. The van der Waals surface area contributed by atoms with E-state index < -0.39 is 24.0 Å². The monoisotopic (exact) mass is 412 g/mol. The zero-order chi connectivity index (χ0) is 20.6. The van der Waals surface area contributed by atoms with Crippen molar-refractivity contribution in [2.45, 2.75) is 26.6 Å². The Balaban J connectivity index is 2.09. The summed E-state index contributed by atoms with van der Waals surface area (Å²) >= 11 is 6.15. The molecule has 6 nitrogen and oxygen atoms in total. The minimum Gasteiger partial charge on any atom is -0.487 e. The highest BCUT2D eigenvalue weighted by Crippen LogP contribution is 2.36. The van der Waals surface area contributed by atoms with E-state index in [1.165, 1.54) is 19.2 Å². The average molecular weight is 413 g/mol. The zero-order valence-corrected chi connectivity index (χ0v) is 16.0. The lowest BCUT2D eigenvalue weighted by Gasteiger charge is -2.17. The first-order chi connectivity index (χ1) is 13.1. The van der Waals surface area contributed by atoms with Gasteiger partial charge in [-0.1, -0.05) is 17.7 Å². The summed E-state index contributed by atoms with van der Waals surface area (Å²) in [4.78, 5) is 12.2. The summed E-state index contributed by atoms with van der Waals surface area (Å²) in [5, 5.41) is 7.47. The normalized spacial score (nSPS) is 11.7. The van der Waals surface area contributed by atoms with Crippen LogP contribution in [0.5, 0.6) is 5.75 Å². The van der Waals surface area contributed by atoms with Crippen LogP contribution in [0.3, 0.4) is 0 Å². The van der Waals surface area contributed by atoms with Crippen molar-refractivity contribution >= 4 is 11.6 Å². The number of aromatic nitrogens is 4. The number of aryl methyl sites for hydroxylation is 3. The van der Waals surface area contributed by atoms with Gasteiger partial charge in [0.25, 0.3) is 0 Å². The first kappa shape index (κ1) is 19.9. The molecule has 0 aliphatic heterocycles. The lowest BCUT2D eigenvalue weighted by Crippen LogP contribution is -2.24. The van der Waals surface area contributed by atoms with Crippen molar-refractivity contribution in [2.24, 2.45) is 7.05 Å². The van der Waals surface area contributed by atoms with E-state index in [2.05, 4.69) is 10.4 Å². The summed E-state index contributed by atoms with van der Waals surface area (Å²) in [5.74, 6) is 0.249. The van der Waals surface area contributed by atoms with Gasteiger partial charge in [-0.3, -0.25) is 0 Å². The number of hydrogen-bond acceptors (Lipinski definition) is 4. The molecule has 0 saturated heterocycles. The summed E-state index contributed by atoms with van der Waals surface area (Å²) in [6.45, 7) is 3.24. The predicted molar refractivity (Wildman–Crippen MR) is 96.9 cm³/mol. The summed E-state index contributed by atoms with van der Waals surface area (Å²) in [6.07, 6.45) is -4.65. The van der Waals surface area contributed by atoms with E-state index >= 15 is 0 Å². The number of hydrogen-bond donors (Lipinski definition) is 0. The molecule has 0 N–H and O–H groups in total. The van der Waals surface area contributed by atoms with Gasteiger partial charge in [-0.05, 0) is 59.7 Å². The Bertz CT molecular complexity index is 1090. The fraction of sp³-hybridized carbons (Fsp3) is 0.278. The van der Waals surface area contributed by atoms with Crippen LogP contribution in [0.25, 0.3) is 5.69 Å². The number of halogens is 4.